The molecule has 2 atom stereocenters. The summed E-state index contributed by atoms with van der Waals surface area (Å²) in [7, 11) is 0. The normalized spacial score (nSPS) is 13.2. The largest absolute Gasteiger partial charge is 0.480 e. The lowest BCUT2D eigenvalue weighted by Crippen LogP contribution is -2.48. The van der Waals surface area contributed by atoms with Gasteiger partial charge in [-0.15, -0.1) is 6.42 Å². The fourth-order valence-electron chi connectivity index (χ4n) is 1.29. The Balaban J connectivity index is 4.21. The van der Waals surface area contributed by atoms with Crippen LogP contribution >= 0.6 is 0 Å². The Kier molecular flexibility index (Phi) is 7.61. The minimum atomic E-state index is -1.03. The number of unbranched alkanes of at least 4 members (excludes halogenated alkanes) is 1. The van der Waals surface area contributed by atoms with Crippen LogP contribution in [0.2, 0.25) is 0 Å². The van der Waals surface area contributed by atoms with E-state index in [4.69, 9.17) is 11.5 Å². The van der Waals surface area contributed by atoms with Crippen LogP contribution in [0.3, 0.4) is 0 Å². The summed E-state index contributed by atoms with van der Waals surface area (Å²) in [6, 6.07) is -1.75. The molecule has 17 heavy (non-hydrogen) atoms. The number of carbonyl (C=O) groups excluding carboxylic acids is 1. The third-order valence-electron chi connectivity index (χ3n) is 2.36. The second-order valence-corrected chi connectivity index (χ2v) is 3.78. The number of nitrogens with one attached hydrogen (secondary N) is 2. The van der Waals surface area contributed by atoms with Gasteiger partial charge in [0.15, 0.2) is 0 Å². The van der Waals surface area contributed by atoms with Crippen LogP contribution in [0.15, 0.2) is 0 Å². The molecule has 5 nitrogen and oxygen atoms in total. The molecule has 0 saturated carbocycles. The molecule has 0 aromatic rings. The van der Waals surface area contributed by atoms with E-state index in [0.717, 1.165) is 12.8 Å². The molecule has 3 N–H and O–H groups in total. The van der Waals surface area contributed by atoms with Gasteiger partial charge in [0.2, 0.25) is 0 Å². The zero-order valence-corrected chi connectivity index (χ0v) is 10.3. The predicted octanol–water partition coefficient (Wildman–Crippen LogP) is 1.34. The van der Waals surface area contributed by atoms with Gasteiger partial charge in [-0.2, -0.15) is 0 Å². The fraction of sp³-hybridized carbons (Fsp3) is 0.667. The summed E-state index contributed by atoms with van der Waals surface area (Å²) < 4.78 is 0. The number of amides is 2. The maximum absolute atomic E-state index is 11.5. The first-order valence-electron chi connectivity index (χ1n) is 5.81. The van der Waals surface area contributed by atoms with Crippen molar-refractivity contribution in [3.63, 3.8) is 0 Å². The standard InChI is InChI=1S/C12H20N2O3/c1-4-7-8-10(11(15)16)14-12(17)13-9(5-2)6-3/h2,9-10H,4,6-8H2,1,3H3,(H,15,16)(H2,13,14,17)/t9?,10-/m0/s1. The zero-order chi connectivity index (χ0) is 13.3. The van der Waals surface area contributed by atoms with Gasteiger partial charge in [0.05, 0.1) is 6.04 Å². The van der Waals surface area contributed by atoms with Crippen LogP contribution in [0.4, 0.5) is 4.79 Å². The third-order valence-corrected chi connectivity index (χ3v) is 2.36. The van der Waals surface area contributed by atoms with Crippen molar-refractivity contribution in [2.45, 2.75) is 51.6 Å². The number of aliphatic carboxylic acids is 1. The number of carboxylic acids is 1. The summed E-state index contributed by atoms with van der Waals surface area (Å²) in [5, 5.41) is 13.8. The molecule has 0 heterocycles. The van der Waals surface area contributed by atoms with Crippen molar-refractivity contribution in [2.75, 3.05) is 0 Å². The Morgan fingerprint density at radius 3 is 2.41 bits per heavy atom. The molecule has 0 rings (SSSR count). The van der Waals surface area contributed by atoms with Gasteiger partial charge in [-0.25, -0.2) is 9.59 Å². The highest BCUT2D eigenvalue weighted by Gasteiger charge is 2.19. The molecule has 0 aromatic carbocycles. The lowest BCUT2D eigenvalue weighted by Gasteiger charge is -2.16. The lowest BCUT2D eigenvalue weighted by molar-refractivity contribution is -0.139. The fourth-order valence-corrected chi connectivity index (χ4v) is 1.29. The van der Waals surface area contributed by atoms with Crippen LogP contribution in [0.1, 0.15) is 39.5 Å². The van der Waals surface area contributed by atoms with Gasteiger partial charge in [0, 0.05) is 0 Å². The molecule has 0 saturated heterocycles. The van der Waals surface area contributed by atoms with E-state index in [1.165, 1.54) is 0 Å². The molecule has 0 radical (unpaired) electrons. The maximum atomic E-state index is 11.5. The van der Waals surface area contributed by atoms with Gasteiger partial charge in [0.25, 0.3) is 0 Å². The second-order valence-electron chi connectivity index (χ2n) is 3.78. The van der Waals surface area contributed by atoms with E-state index in [0.29, 0.717) is 12.8 Å². The van der Waals surface area contributed by atoms with Crippen LogP contribution < -0.4 is 10.6 Å². The molecule has 0 fully saturated rings. The summed E-state index contributed by atoms with van der Waals surface area (Å²) in [5.74, 6) is 1.38. The average Bonchev–Trinajstić information content (AvgIpc) is 2.30. The van der Waals surface area contributed by atoms with Crippen LogP contribution in [0, 0.1) is 12.3 Å². The monoisotopic (exact) mass is 240 g/mol. The van der Waals surface area contributed by atoms with E-state index in [2.05, 4.69) is 16.6 Å². The second kappa shape index (κ2) is 8.45. The van der Waals surface area contributed by atoms with Crippen LogP contribution in [0.25, 0.3) is 0 Å². The molecular weight excluding hydrogens is 220 g/mol. The first kappa shape index (κ1) is 15.3. The number of carbonyl (C=O) groups is 2. The Labute approximate surface area is 102 Å². The van der Waals surface area contributed by atoms with Crippen LogP contribution in [-0.4, -0.2) is 29.2 Å². The zero-order valence-electron chi connectivity index (χ0n) is 10.3. The Morgan fingerprint density at radius 2 is 2.00 bits per heavy atom. The first-order chi connectivity index (χ1) is 8.04. The summed E-state index contributed by atoms with van der Waals surface area (Å²) >= 11 is 0. The smallest absolute Gasteiger partial charge is 0.326 e. The van der Waals surface area contributed by atoms with E-state index >= 15 is 0 Å². The van der Waals surface area contributed by atoms with Crippen LogP contribution in [0.5, 0.6) is 0 Å². The predicted molar refractivity (Wildman–Crippen MR) is 65.5 cm³/mol. The van der Waals surface area contributed by atoms with E-state index < -0.39 is 18.0 Å². The van der Waals surface area contributed by atoms with E-state index in [1.807, 2.05) is 13.8 Å². The molecule has 0 aliphatic carbocycles. The Morgan fingerprint density at radius 1 is 1.35 bits per heavy atom. The topological polar surface area (TPSA) is 78.4 Å². The highest BCUT2D eigenvalue weighted by atomic mass is 16.4. The third kappa shape index (κ3) is 6.46. The molecule has 0 bridgehead atoms. The van der Waals surface area contributed by atoms with E-state index in [1.54, 1.807) is 0 Å². The summed E-state index contributed by atoms with van der Waals surface area (Å²) in [6.07, 6.45) is 7.86. The van der Waals surface area contributed by atoms with Crippen molar-refractivity contribution in [1.82, 2.24) is 10.6 Å². The first-order valence-corrected chi connectivity index (χ1v) is 5.81. The van der Waals surface area contributed by atoms with Crippen LogP contribution in [-0.2, 0) is 4.79 Å². The lowest BCUT2D eigenvalue weighted by atomic mass is 10.1. The highest BCUT2D eigenvalue weighted by molar-refractivity contribution is 5.82. The SMILES string of the molecule is C#CC(CC)NC(=O)N[C@@H](CCCC)C(=O)O. The summed E-state index contributed by atoms with van der Waals surface area (Å²) in [5.41, 5.74) is 0. The summed E-state index contributed by atoms with van der Waals surface area (Å²) in [4.78, 5) is 22.4. The molecule has 0 aliphatic rings. The number of hydrogen-bond acceptors (Lipinski definition) is 2. The minimum absolute atomic E-state index is 0.365. The number of hydrogen-bond donors (Lipinski definition) is 3. The van der Waals surface area contributed by atoms with Crippen molar-refractivity contribution in [3.8, 4) is 12.3 Å². The van der Waals surface area contributed by atoms with Gasteiger partial charge in [-0.3, -0.25) is 0 Å². The number of terminal acetylenes is 1. The number of rotatable bonds is 7. The molecule has 0 spiro atoms. The van der Waals surface area contributed by atoms with E-state index in [-0.39, 0.29) is 6.04 Å². The molecule has 0 aliphatic heterocycles. The van der Waals surface area contributed by atoms with Crippen molar-refractivity contribution in [2.24, 2.45) is 0 Å². The molecule has 96 valence electrons. The van der Waals surface area contributed by atoms with Gasteiger partial charge in [-0.05, 0) is 12.8 Å². The molecule has 5 heteroatoms. The molecule has 0 aromatic heterocycles. The number of carboxylic acid groups (broad SMARTS) is 1. The number of urea groups is 1. The van der Waals surface area contributed by atoms with Gasteiger partial charge in [-0.1, -0.05) is 32.6 Å². The van der Waals surface area contributed by atoms with Crippen molar-refractivity contribution in [3.05, 3.63) is 0 Å². The Hall–Kier alpha value is -1.70. The molecule has 1 unspecified atom stereocenters. The molecular formula is C12H20N2O3. The van der Waals surface area contributed by atoms with Crippen molar-refractivity contribution in [1.29, 1.82) is 0 Å². The summed E-state index contributed by atoms with van der Waals surface area (Å²) in [6.45, 7) is 3.81. The highest BCUT2D eigenvalue weighted by Crippen LogP contribution is 2.01. The average molecular weight is 240 g/mol. The van der Waals surface area contributed by atoms with Crippen molar-refractivity contribution >= 4 is 12.0 Å². The van der Waals surface area contributed by atoms with Gasteiger partial charge in [0.1, 0.15) is 6.04 Å². The quantitative estimate of drug-likeness (QED) is 0.588. The van der Waals surface area contributed by atoms with Crippen molar-refractivity contribution < 1.29 is 14.7 Å². The van der Waals surface area contributed by atoms with Gasteiger partial charge >= 0.3 is 12.0 Å². The van der Waals surface area contributed by atoms with E-state index in [9.17, 15) is 9.59 Å². The maximum Gasteiger partial charge on any atom is 0.326 e. The molecule has 2 amide bonds. The van der Waals surface area contributed by atoms with Gasteiger partial charge < -0.3 is 15.7 Å². The Bertz CT molecular complexity index is 297. The minimum Gasteiger partial charge on any atom is -0.480 e.